The van der Waals surface area contributed by atoms with Gasteiger partial charge >= 0.3 is 12.0 Å². The highest BCUT2D eigenvalue weighted by molar-refractivity contribution is 6.00. The van der Waals surface area contributed by atoms with E-state index < -0.39 is 41.7 Å². The van der Waals surface area contributed by atoms with E-state index in [-0.39, 0.29) is 25.4 Å². The van der Waals surface area contributed by atoms with Gasteiger partial charge in [-0.25, -0.2) is 4.79 Å². The normalized spacial score (nSPS) is 14.1. The fourth-order valence-electron chi connectivity index (χ4n) is 4.66. The Labute approximate surface area is 249 Å². The van der Waals surface area contributed by atoms with Crippen LogP contribution in [-0.4, -0.2) is 41.3 Å². The molecule has 0 spiro atoms. The molecule has 0 aromatic heterocycles. The Kier molecular flexibility index (Phi) is 10.00. The number of nitrogens with one attached hydrogen (secondary N) is 4. The zero-order valence-corrected chi connectivity index (χ0v) is 23.9. The lowest BCUT2D eigenvalue weighted by atomic mass is 9.84. The number of aryl methyl sites for hydroxylation is 1. The fraction of sp³-hybridized carbons (Fsp3) is 0.250. The lowest BCUT2D eigenvalue weighted by Crippen LogP contribution is -2.54. The van der Waals surface area contributed by atoms with Crippen molar-refractivity contribution < 1.29 is 33.8 Å². The number of ether oxygens (including phenoxy) is 2. The smallest absolute Gasteiger partial charge is 0.323 e. The molecule has 0 radical (unpaired) electrons. The molecule has 11 nitrogen and oxygen atoms in total. The van der Waals surface area contributed by atoms with Crippen LogP contribution in [0, 0.1) is 12.8 Å². The third-order valence-electron chi connectivity index (χ3n) is 6.87. The van der Waals surface area contributed by atoms with Crippen LogP contribution < -0.4 is 21.3 Å². The largest absolute Gasteiger partial charge is 0.481 e. The number of para-hydroxylation sites is 1. The van der Waals surface area contributed by atoms with E-state index in [1.165, 1.54) is 6.26 Å². The van der Waals surface area contributed by atoms with Crippen molar-refractivity contribution in [3.05, 3.63) is 102 Å². The van der Waals surface area contributed by atoms with Gasteiger partial charge in [-0.2, -0.15) is 0 Å². The molecule has 3 aromatic carbocycles. The van der Waals surface area contributed by atoms with Gasteiger partial charge < -0.3 is 35.8 Å². The molecule has 1 heterocycles. The summed E-state index contributed by atoms with van der Waals surface area (Å²) in [4.78, 5) is 50.4. The van der Waals surface area contributed by atoms with Gasteiger partial charge in [0.15, 0.2) is 5.76 Å². The first-order valence-electron chi connectivity index (χ1n) is 13.7. The molecule has 0 bridgehead atoms. The zero-order chi connectivity index (χ0) is 30.8. The van der Waals surface area contributed by atoms with Gasteiger partial charge in [-0.1, -0.05) is 55.5 Å². The van der Waals surface area contributed by atoms with Gasteiger partial charge in [0.25, 0.3) is 0 Å². The van der Waals surface area contributed by atoms with Crippen LogP contribution in [0.1, 0.15) is 30.9 Å². The summed E-state index contributed by atoms with van der Waals surface area (Å²) in [7, 11) is 0. The van der Waals surface area contributed by atoms with Crippen molar-refractivity contribution in [1.29, 1.82) is 0 Å². The highest BCUT2D eigenvalue weighted by Crippen LogP contribution is 2.31. The van der Waals surface area contributed by atoms with Crippen LogP contribution in [0.4, 0.5) is 21.9 Å². The number of rotatable bonds is 12. The number of urea groups is 1. The first-order chi connectivity index (χ1) is 20.6. The molecule has 5 N–H and O–H groups in total. The van der Waals surface area contributed by atoms with Crippen LogP contribution in [0.5, 0.6) is 0 Å². The Morgan fingerprint density at radius 2 is 1.53 bits per heavy atom. The Balaban J connectivity index is 1.35. The van der Waals surface area contributed by atoms with E-state index in [1.54, 1.807) is 37.3 Å². The highest BCUT2D eigenvalue weighted by Gasteiger charge is 2.43. The molecule has 4 rings (SSSR count). The maximum absolute atomic E-state index is 13.3. The highest BCUT2D eigenvalue weighted by atomic mass is 16.7. The molecule has 4 amide bonds. The molecule has 2 atom stereocenters. The Hall–Kier alpha value is -5.32. The van der Waals surface area contributed by atoms with Crippen LogP contribution in [0.2, 0.25) is 0 Å². The maximum atomic E-state index is 13.3. The third kappa shape index (κ3) is 8.59. The number of aliphatic carboxylic acids is 1. The first kappa shape index (κ1) is 30.6. The number of carbonyl (C=O) groups excluding carboxylic acids is 3. The average Bonchev–Trinajstić information content (AvgIpc) is 3.51. The average molecular weight is 587 g/mol. The predicted molar refractivity (Wildman–Crippen MR) is 161 cm³/mol. The number of hydrogen-bond acceptors (Lipinski definition) is 6. The molecule has 0 saturated heterocycles. The van der Waals surface area contributed by atoms with E-state index in [2.05, 4.69) is 21.3 Å². The van der Waals surface area contributed by atoms with Crippen molar-refractivity contribution in [2.24, 2.45) is 5.92 Å². The summed E-state index contributed by atoms with van der Waals surface area (Å²) in [5, 5.41) is 20.9. The van der Waals surface area contributed by atoms with Gasteiger partial charge in [-0.3, -0.25) is 14.4 Å². The van der Waals surface area contributed by atoms with E-state index in [4.69, 9.17) is 9.47 Å². The lowest BCUT2D eigenvalue weighted by Gasteiger charge is -2.34. The molecule has 1 aliphatic rings. The minimum atomic E-state index is -1.42. The Morgan fingerprint density at radius 1 is 0.884 bits per heavy atom. The molecule has 1 aliphatic heterocycles. The minimum absolute atomic E-state index is 0.0923. The number of carboxylic acids is 1. The second-order valence-corrected chi connectivity index (χ2v) is 10.3. The van der Waals surface area contributed by atoms with Gasteiger partial charge in [0.1, 0.15) is 11.8 Å². The summed E-state index contributed by atoms with van der Waals surface area (Å²) in [6.07, 6.45) is 0.846. The van der Waals surface area contributed by atoms with Gasteiger partial charge in [0.05, 0.1) is 6.42 Å². The second kappa shape index (κ2) is 14.0. The maximum Gasteiger partial charge on any atom is 0.323 e. The SMILES string of the molecule is Cc1ccccc1NC(=O)Nc1ccc(NC(=O)CC(C)C(=O)NC(CC(=O)O)(Cc2ccccc2)C2=COCO2)cc1. The van der Waals surface area contributed by atoms with E-state index in [0.29, 0.717) is 17.1 Å². The third-order valence-corrected chi connectivity index (χ3v) is 6.87. The number of carbonyl (C=O) groups is 4. The standard InChI is InChI=1S/C32H34N4O7/c1-21-8-6-7-11-26(21)35-31(41)34-25-14-12-24(13-15-25)33-28(37)16-22(2)30(40)36-32(18-29(38)39,27-19-42-20-43-27)17-23-9-4-3-5-10-23/h3-15,19,22H,16-18,20H2,1-2H3,(H,33,37)(H,36,40)(H,38,39)(H2,34,35,41). The zero-order valence-electron chi connectivity index (χ0n) is 23.9. The van der Waals surface area contributed by atoms with E-state index in [0.717, 1.165) is 11.1 Å². The van der Waals surface area contributed by atoms with Crippen LogP contribution in [0.3, 0.4) is 0 Å². The molecule has 224 valence electrons. The van der Waals surface area contributed by atoms with Crippen molar-refractivity contribution in [2.75, 3.05) is 22.7 Å². The van der Waals surface area contributed by atoms with Crippen molar-refractivity contribution >= 4 is 40.9 Å². The summed E-state index contributed by atoms with van der Waals surface area (Å²) >= 11 is 0. The van der Waals surface area contributed by atoms with Crippen molar-refractivity contribution in [3.8, 4) is 0 Å². The molecule has 0 saturated carbocycles. The van der Waals surface area contributed by atoms with E-state index in [9.17, 15) is 24.3 Å². The molecule has 3 aromatic rings. The Bertz CT molecular complexity index is 1490. The predicted octanol–water partition coefficient (Wildman–Crippen LogP) is 5.02. The first-order valence-corrected chi connectivity index (χ1v) is 13.7. The van der Waals surface area contributed by atoms with Gasteiger partial charge in [0, 0.05) is 35.8 Å². The van der Waals surface area contributed by atoms with Crippen LogP contribution in [0.15, 0.2) is 90.9 Å². The fourth-order valence-corrected chi connectivity index (χ4v) is 4.66. The van der Waals surface area contributed by atoms with Crippen molar-refractivity contribution in [1.82, 2.24) is 5.32 Å². The summed E-state index contributed by atoms with van der Waals surface area (Å²) in [5.74, 6) is -2.65. The van der Waals surface area contributed by atoms with Gasteiger partial charge in [-0.15, -0.1) is 0 Å². The van der Waals surface area contributed by atoms with Crippen molar-refractivity contribution in [2.45, 2.75) is 38.6 Å². The van der Waals surface area contributed by atoms with E-state index >= 15 is 0 Å². The number of anilines is 3. The number of hydrogen-bond donors (Lipinski definition) is 5. The molecular formula is C32H34N4O7. The van der Waals surface area contributed by atoms with Crippen LogP contribution in [0.25, 0.3) is 0 Å². The number of benzene rings is 3. The summed E-state index contributed by atoms with van der Waals surface area (Å²) in [6.45, 7) is 3.39. The van der Waals surface area contributed by atoms with Gasteiger partial charge in [0.2, 0.25) is 18.6 Å². The Morgan fingerprint density at radius 3 is 2.16 bits per heavy atom. The quantitative estimate of drug-likeness (QED) is 0.200. The van der Waals surface area contributed by atoms with E-state index in [1.807, 2.05) is 55.5 Å². The molecule has 43 heavy (non-hydrogen) atoms. The second-order valence-electron chi connectivity index (χ2n) is 10.3. The molecule has 0 aliphatic carbocycles. The summed E-state index contributed by atoms with van der Waals surface area (Å²) in [5.41, 5.74) is 2.01. The number of amides is 4. The minimum Gasteiger partial charge on any atom is -0.481 e. The molecular weight excluding hydrogens is 552 g/mol. The molecule has 0 fully saturated rings. The molecule has 11 heteroatoms. The molecule has 2 unspecified atom stereocenters. The van der Waals surface area contributed by atoms with Gasteiger partial charge in [-0.05, 0) is 48.4 Å². The van der Waals surface area contributed by atoms with Crippen molar-refractivity contribution in [3.63, 3.8) is 0 Å². The summed E-state index contributed by atoms with van der Waals surface area (Å²) < 4.78 is 10.7. The monoisotopic (exact) mass is 586 g/mol. The van der Waals surface area contributed by atoms with Crippen LogP contribution >= 0.6 is 0 Å². The lowest BCUT2D eigenvalue weighted by molar-refractivity contribution is -0.139. The summed E-state index contributed by atoms with van der Waals surface area (Å²) in [6, 6.07) is 22.7. The topological polar surface area (TPSA) is 155 Å². The van der Waals surface area contributed by atoms with Crippen LogP contribution in [-0.2, 0) is 30.3 Å². The number of carboxylic acid groups (broad SMARTS) is 1.